The summed E-state index contributed by atoms with van der Waals surface area (Å²) >= 11 is 0. The highest BCUT2D eigenvalue weighted by atomic mass is 16.4. The second-order valence-electron chi connectivity index (χ2n) is 3.58. The molecule has 0 atom stereocenters. The van der Waals surface area contributed by atoms with E-state index < -0.39 is 11.9 Å². The van der Waals surface area contributed by atoms with E-state index in [1.165, 1.54) is 0 Å². The summed E-state index contributed by atoms with van der Waals surface area (Å²) in [6.07, 6.45) is 1.60. The van der Waals surface area contributed by atoms with Gasteiger partial charge in [0, 0.05) is 31.5 Å². The van der Waals surface area contributed by atoms with Crippen molar-refractivity contribution in [1.82, 2.24) is 0 Å². The van der Waals surface area contributed by atoms with E-state index in [0.29, 0.717) is 11.8 Å². The molecule has 0 fully saturated rings. The van der Waals surface area contributed by atoms with Crippen molar-refractivity contribution in [3.8, 4) is 0 Å². The van der Waals surface area contributed by atoms with Gasteiger partial charge in [0.05, 0.1) is 5.97 Å². The number of carbonyl (C=O) groups excluding carboxylic acids is 2. The van der Waals surface area contributed by atoms with Crippen LogP contribution < -0.4 is 15.3 Å². The molecule has 5 nitrogen and oxygen atoms in total. The first kappa shape index (κ1) is 12.8. The summed E-state index contributed by atoms with van der Waals surface area (Å²) in [7, 11) is 3.83. The second-order valence-corrected chi connectivity index (χ2v) is 3.58. The van der Waals surface area contributed by atoms with Gasteiger partial charge in [-0.15, -0.1) is 0 Å². The lowest BCUT2D eigenvalue weighted by molar-refractivity contribution is -0.297. The average molecular weight is 233 g/mol. The van der Waals surface area contributed by atoms with Gasteiger partial charge in [0.25, 0.3) is 0 Å². The molecule has 17 heavy (non-hydrogen) atoms. The van der Waals surface area contributed by atoms with Crippen molar-refractivity contribution in [2.24, 2.45) is 0 Å². The summed E-state index contributed by atoms with van der Waals surface area (Å²) in [6, 6.07) is 7.16. The van der Waals surface area contributed by atoms with Gasteiger partial charge in [0.15, 0.2) is 0 Å². The zero-order valence-corrected chi connectivity index (χ0v) is 9.64. The first-order chi connectivity index (χ1) is 7.99. The maximum absolute atomic E-state index is 11.2. The summed E-state index contributed by atoms with van der Waals surface area (Å²) in [6.45, 7) is 0. The zero-order valence-electron chi connectivity index (χ0n) is 9.64. The number of anilines is 2. The smallest absolute Gasteiger partial charge is 0.248 e. The third-order valence-electron chi connectivity index (χ3n) is 2.02. The number of nitrogens with one attached hydrogen (secondary N) is 1. The Labute approximate surface area is 99.4 Å². The number of benzene rings is 1. The lowest BCUT2D eigenvalue weighted by Gasteiger charge is -2.12. The Morgan fingerprint density at radius 3 is 2.24 bits per heavy atom. The number of rotatable bonds is 4. The molecule has 0 aromatic heterocycles. The molecule has 0 radical (unpaired) electrons. The molecule has 1 amide bonds. The van der Waals surface area contributed by atoms with Gasteiger partial charge in [-0.25, -0.2) is 0 Å². The van der Waals surface area contributed by atoms with Gasteiger partial charge >= 0.3 is 0 Å². The van der Waals surface area contributed by atoms with Crippen LogP contribution in [0.25, 0.3) is 0 Å². The van der Waals surface area contributed by atoms with Crippen molar-refractivity contribution >= 4 is 23.3 Å². The standard InChI is InChI=1S/C12H14N2O3/c1-14(2)10-5-3-9(4-6-10)13-11(15)7-8-12(16)17/h3-8H,1-2H3,(H,13,15)(H,16,17)/p-1/b8-7+. The molecule has 1 aromatic carbocycles. The van der Waals surface area contributed by atoms with E-state index >= 15 is 0 Å². The van der Waals surface area contributed by atoms with Gasteiger partial charge < -0.3 is 20.1 Å². The maximum atomic E-state index is 11.2. The minimum Gasteiger partial charge on any atom is -0.545 e. The number of aliphatic carboxylic acids is 1. The normalized spacial score (nSPS) is 10.2. The van der Waals surface area contributed by atoms with Crippen LogP contribution in [-0.2, 0) is 9.59 Å². The molecule has 1 aromatic rings. The fourth-order valence-corrected chi connectivity index (χ4v) is 1.17. The summed E-state index contributed by atoms with van der Waals surface area (Å²) in [5, 5.41) is 12.6. The SMILES string of the molecule is CN(C)c1ccc(NC(=O)/C=C/C(=O)[O-])cc1. The van der Waals surface area contributed by atoms with Crippen LogP contribution in [0.3, 0.4) is 0 Å². The number of carboxylic acid groups (broad SMARTS) is 1. The topological polar surface area (TPSA) is 72.5 Å². The Balaban J connectivity index is 2.63. The van der Waals surface area contributed by atoms with E-state index in [9.17, 15) is 14.7 Å². The number of carbonyl (C=O) groups is 2. The molecule has 0 bridgehead atoms. The molecular formula is C12H13N2O3-. The van der Waals surface area contributed by atoms with Gasteiger partial charge in [0.1, 0.15) is 0 Å². The van der Waals surface area contributed by atoms with Crippen molar-refractivity contribution in [3.63, 3.8) is 0 Å². The third kappa shape index (κ3) is 4.38. The Kier molecular flexibility index (Phi) is 4.28. The second kappa shape index (κ2) is 5.69. The Hall–Kier alpha value is -2.30. The van der Waals surface area contributed by atoms with Gasteiger partial charge in [-0.2, -0.15) is 0 Å². The molecule has 90 valence electrons. The van der Waals surface area contributed by atoms with Gasteiger partial charge in [-0.05, 0) is 30.3 Å². The first-order valence-electron chi connectivity index (χ1n) is 4.96. The Morgan fingerprint density at radius 1 is 1.18 bits per heavy atom. The highest BCUT2D eigenvalue weighted by Gasteiger charge is 1.98. The number of hydrogen-bond acceptors (Lipinski definition) is 4. The van der Waals surface area contributed by atoms with Crippen LogP contribution in [0, 0.1) is 0 Å². The van der Waals surface area contributed by atoms with E-state index in [2.05, 4.69) is 5.32 Å². The predicted molar refractivity (Wildman–Crippen MR) is 63.5 cm³/mol. The summed E-state index contributed by atoms with van der Waals surface area (Å²) in [5.41, 5.74) is 1.61. The molecule has 0 aliphatic rings. The molecule has 1 N–H and O–H groups in total. The summed E-state index contributed by atoms with van der Waals surface area (Å²) < 4.78 is 0. The molecule has 5 heteroatoms. The third-order valence-corrected chi connectivity index (χ3v) is 2.02. The van der Waals surface area contributed by atoms with Crippen LogP contribution in [0.5, 0.6) is 0 Å². The van der Waals surface area contributed by atoms with Crippen LogP contribution in [0.15, 0.2) is 36.4 Å². The molecule has 0 unspecified atom stereocenters. The van der Waals surface area contributed by atoms with Crippen molar-refractivity contribution in [2.75, 3.05) is 24.3 Å². The van der Waals surface area contributed by atoms with Gasteiger partial charge in [0.2, 0.25) is 5.91 Å². The van der Waals surface area contributed by atoms with Crippen LogP contribution in [-0.4, -0.2) is 26.0 Å². The van der Waals surface area contributed by atoms with Crippen molar-refractivity contribution < 1.29 is 14.7 Å². The van der Waals surface area contributed by atoms with Crippen LogP contribution in [0.4, 0.5) is 11.4 Å². The molecular weight excluding hydrogens is 220 g/mol. The van der Waals surface area contributed by atoms with E-state index in [1.807, 2.05) is 31.1 Å². The minimum absolute atomic E-state index is 0.508. The van der Waals surface area contributed by atoms with Crippen LogP contribution in [0.2, 0.25) is 0 Å². The molecule has 0 heterocycles. The largest absolute Gasteiger partial charge is 0.545 e. The van der Waals surface area contributed by atoms with Crippen LogP contribution >= 0.6 is 0 Å². The molecule has 0 aliphatic carbocycles. The lowest BCUT2D eigenvalue weighted by atomic mass is 10.2. The molecule has 0 aliphatic heterocycles. The molecule has 1 rings (SSSR count). The molecule has 0 saturated heterocycles. The quantitative estimate of drug-likeness (QED) is 0.743. The number of nitrogens with zero attached hydrogens (tertiary/aromatic N) is 1. The van der Waals surface area contributed by atoms with Gasteiger partial charge in [-0.1, -0.05) is 0 Å². The lowest BCUT2D eigenvalue weighted by Crippen LogP contribution is -2.20. The van der Waals surface area contributed by atoms with E-state index in [4.69, 9.17) is 0 Å². The fourth-order valence-electron chi connectivity index (χ4n) is 1.17. The van der Waals surface area contributed by atoms with E-state index in [-0.39, 0.29) is 0 Å². The number of hydrogen-bond donors (Lipinski definition) is 1. The monoisotopic (exact) mass is 233 g/mol. The molecule has 0 saturated carbocycles. The van der Waals surface area contributed by atoms with Crippen molar-refractivity contribution in [2.45, 2.75) is 0 Å². The van der Waals surface area contributed by atoms with Crippen molar-refractivity contribution in [1.29, 1.82) is 0 Å². The Morgan fingerprint density at radius 2 is 1.76 bits per heavy atom. The minimum atomic E-state index is -1.40. The molecule has 0 spiro atoms. The van der Waals surface area contributed by atoms with E-state index in [0.717, 1.165) is 11.8 Å². The maximum Gasteiger partial charge on any atom is 0.248 e. The Bertz CT molecular complexity index is 436. The zero-order chi connectivity index (χ0) is 12.8. The first-order valence-corrected chi connectivity index (χ1v) is 4.96. The highest BCUT2D eigenvalue weighted by molar-refractivity contribution is 6.02. The fraction of sp³-hybridized carbons (Fsp3) is 0.167. The summed E-state index contributed by atoms with van der Waals surface area (Å²) in [5.74, 6) is -1.91. The van der Waals surface area contributed by atoms with E-state index in [1.54, 1.807) is 12.1 Å². The predicted octanol–water partition coefficient (Wildman–Crippen LogP) is -0.00280. The summed E-state index contributed by atoms with van der Waals surface area (Å²) in [4.78, 5) is 23.3. The van der Waals surface area contributed by atoms with Crippen molar-refractivity contribution in [3.05, 3.63) is 36.4 Å². The number of carboxylic acids is 1. The van der Waals surface area contributed by atoms with Gasteiger partial charge in [-0.3, -0.25) is 4.79 Å². The van der Waals surface area contributed by atoms with Crippen LogP contribution in [0.1, 0.15) is 0 Å². The highest BCUT2D eigenvalue weighted by Crippen LogP contribution is 2.15. The number of amides is 1. The average Bonchev–Trinajstić information content (AvgIpc) is 2.27.